The van der Waals surface area contributed by atoms with Gasteiger partial charge >= 0.3 is 0 Å². The van der Waals surface area contributed by atoms with Crippen LogP contribution in [-0.4, -0.2) is 41.9 Å². The van der Waals surface area contributed by atoms with Crippen LogP contribution in [0, 0.1) is 17.2 Å². The number of carbonyl (C=O) groups is 1. The second-order valence-electron chi connectivity index (χ2n) is 7.32. The molecule has 31 heavy (non-hydrogen) atoms. The number of benzene rings is 2. The SMILES string of the molecule is N#Cc1ccccc1S(=O)(=O)N1CCC(C(=O)Nc2ccc(-c3ccn[nH]3)cc2)CC1. The van der Waals surface area contributed by atoms with Crippen LogP contribution in [0.1, 0.15) is 18.4 Å². The van der Waals surface area contributed by atoms with Crippen LogP contribution in [0.3, 0.4) is 0 Å². The summed E-state index contributed by atoms with van der Waals surface area (Å²) in [6.45, 7) is 0.470. The Kier molecular flexibility index (Phi) is 5.84. The number of sulfonamides is 1. The highest BCUT2D eigenvalue weighted by Gasteiger charge is 2.33. The summed E-state index contributed by atoms with van der Waals surface area (Å²) in [5.74, 6) is -0.395. The average molecular weight is 436 g/mol. The van der Waals surface area contributed by atoms with Crippen molar-refractivity contribution in [2.45, 2.75) is 17.7 Å². The van der Waals surface area contributed by atoms with Gasteiger partial charge in [-0.05, 0) is 48.7 Å². The van der Waals surface area contributed by atoms with Crippen LogP contribution in [0.2, 0.25) is 0 Å². The standard InChI is InChI=1S/C22H21N5O3S/c23-15-18-3-1-2-4-21(18)31(29,30)27-13-10-17(11-14-27)22(28)25-19-7-5-16(6-8-19)20-9-12-24-26-20/h1-9,12,17H,10-11,13-14H2,(H,24,26)(H,25,28). The third-order valence-corrected chi connectivity index (χ3v) is 7.37. The minimum absolute atomic E-state index is 0.0118. The van der Waals surface area contributed by atoms with Gasteiger partial charge in [0, 0.05) is 30.9 Å². The summed E-state index contributed by atoms with van der Waals surface area (Å²) in [7, 11) is -3.77. The Morgan fingerprint density at radius 1 is 1.10 bits per heavy atom. The molecule has 0 spiro atoms. The van der Waals surface area contributed by atoms with Crippen molar-refractivity contribution in [3.8, 4) is 17.3 Å². The molecule has 2 aromatic carbocycles. The van der Waals surface area contributed by atoms with E-state index in [1.807, 2.05) is 36.4 Å². The molecule has 1 saturated heterocycles. The first-order valence-corrected chi connectivity index (χ1v) is 11.3. The maximum absolute atomic E-state index is 12.9. The number of aromatic amines is 1. The number of nitrogens with one attached hydrogen (secondary N) is 2. The highest BCUT2D eigenvalue weighted by atomic mass is 32.2. The predicted molar refractivity (Wildman–Crippen MR) is 115 cm³/mol. The first kappa shape index (κ1) is 20.8. The lowest BCUT2D eigenvalue weighted by Crippen LogP contribution is -2.41. The van der Waals surface area contributed by atoms with E-state index in [2.05, 4.69) is 15.5 Å². The number of hydrogen-bond donors (Lipinski definition) is 2. The molecule has 0 bridgehead atoms. The van der Waals surface area contributed by atoms with Crippen molar-refractivity contribution in [3.05, 3.63) is 66.4 Å². The van der Waals surface area contributed by atoms with E-state index in [1.54, 1.807) is 18.3 Å². The first-order valence-electron chi connectivity index (χ1n) is 9.89. The Morgan fingerprint density at radius 2 is 1.81 bits per heavy atom. The minimum atomic E-state index is -3.77. The van der Waals surface area contributed by atoms with E-state index in [0.29, 0.717) is 18.5 Å². The minimum Gasteiger partial charge on any atom is -0.326 e. The van der Waals surface area contributed by atoms with E-state index in [1.165, 1.54) is 16.4 Å². The van der Waals surface area contributed by atoms with Gasteiger partial charge in [0.05, 0.1) is 16.2 Å². The van der Waals surface area contributed by atoms with Crippen LogP contribution in [0.15, 0.2) is 65.7 Å². The van der Waals surface area contributed by atoms with Crippen molar-refractivity contribution in [2.24, 2.45) is 5.92 Å². The van der Waals surface area contributed by atoms with Gasteiger partial charge in [-0.15, -0.1) is 0 Å². The zero-order valence-electron chi connectivity index (χ0n) is 16.7. The highest BCUT2D eigenvalue weighted by Crippen LogP contribution is 2.27. The summed E-state index contributed by atoms with van der Waals surface area (Å²) < 4.78 is 27.2. The van der Waals surface area contributed by atoms with Crippen molar-refractivity contribution in [1.82, 2.24) is 14.5 Å². The summed E-state index contributed by atoms with van der Waals surface area (Å²) >= 11 is 0. The molecule has 3 aromatic rings. The molecule has 1 aliphatic rings. The van der Waals surface area contributed by atoms with Crippen LogP contribution in [0.4, 0.5) is 5.69 Å². The lowest BCUT2D eigenvalue weighted by molar-refractivity contribution is -0.120. The van der Waals surface area contributed by atoms with Crippen molar-refractivity contribution >= 4 is 21.6 Å². The van der Waals surface area contributed by atoms with Crippen LogP contribution in [0.25, 0.3) is 11.3 Å². The molecular weight excluding hydrogens is 414 g/mol. The van der Waals surface area contributed by atoms with E-state index in [-0.39, 0.29) is 35.4 Å². The molecule has 0 atom stereocenters. The zero-order valence-corrected chi connectivity index (χ0v) is 17.5. The molecule has 9 heteroatoms. The number of nitrogens with zero attached hydrogens (tertiary/aromatic N) is 3. The van der Waals surface area contributed by atoms with Gasteiger partial charge < -0.3 is 5.32 Å². The van der Waals surface area contributed by atoms with Crippen LogP contribution in [-0.2, 0) is 14.8 Å². The molecule has 1 amide bonds. The molecular formula is C22H21N5O3S. The van der Waals surface area contributed by atoms with Crippen LogP contribution < -0.4 is 5.32 Å². The van der Waals surface area contributed by atoms with Crippen molar-refractivity contribution in [2.75, 3.05) is 18.4 Å². The van der Waals surface area contributed by atoms with Gasteiger partial charge in [-0.2, -0.15) is 14.7 Å². The molecule has 8 nitrogen and oxygen atoms in total. The van der Waals surface area contributed by atoms with E-state index >= 15 is 0 Å². The quantitative estimate of drug-likeness (QED) is 0.639. The average Bonchev–Trinajstić information content (AvgIpc) is 3.34. The van der Waals surface area contributed by atoms with Crippen molar-refractivity contribution < 1.29 is 13.2 Å². The fraction of sp³-hybridized carbons (Fsp3) is 0.227. The van der Waals surface area contributed by atoms with Gasteiger partial charge in [-0.1, -0.05) is 24.3 Å². The number of aromatic nitrogens is 2. The second kappa shape index (κ2) is 8.71. The van der Waals surface area contributed by atoms with Gasteiger partial charge in [0.25, 0.3) is 0 Å². The summed E-state index contributed by atoms with van der Waals surface area (Å²) in [5, 5.41) is 18.9. The molecule has 0 saturated carbocycles. The van der Waals surface area contributed by atoms with E-state index in [4.69, 9.17) is 0 Å². The smallest absolute Gasteiger partial charge is 0.244 e. The lowest BCUT2D eigenvalue weighted by Gasteiger charge is -2.30. The van der Waals surface area contributed by atoms with Gasteiger partial charge in [0.15, 0.2) is 0 Å². The summed E-state index contributed by atoms with van der Waals surface area (Å²) in [6.07, 6.45) is 2.52. The van der Waals surface area contributed by atoms with E-state index < -0.39 is 10.0 Å². The molecule has 158 valence electrons. The molecule has 0 radical (unpaired) electrons. The summed E-state index contributed by atoms with van der Waals surface area (Å²) in [6, 6.07) is 17.4. The number of hydrogen-bond acceptors (Lipinski definition) is 5. The lowest BCUT2D eigenvalue weighted by atomic mass is 9.97. The van der Waals surface area contributed by atoms with E-state index in [9.17, 15) is 18.5 Å². The third-order valence-electron chi connectivity index (χ3n) is 5.41. The Bertz CT molecular complexity index is 1210. The Morgan fingerprint density at radius 3 is 2.45 bits per heavy atom. The fourth-order valence-corrected chi connectivity index (χ4v) is 5.29. The molecule has 1 aliphatic heterocycles. The number of carbonyl (C=O) groups excluding carboxylic acids is 1. The number of piperidine rings is 1. The molecule has 4 rings (SSSR count). The number of anilines is 1. The Balaban J connectivity index is 1.37. The maximum Gasteiger partial charge on any atom is 0.244 e. The monoisotopic (exact) mass is 435 g/mol. The van der Waals surface area contributed by atoms with Gasteiger partial charge in [0.1, 0.15) is 6.07 Å². The van der Waals surface area contributed by atoms with Gasteiger partial charge in [0.2, 0.25) is 15.9 Å². The van der Waals surface area contributed by atoms with Gasteiger partial charge in [-0.3, -0.25) is 9.89 Å². The topological polar surface area (TPSA) is 119 Å². The van der Waals surface area contributed by atoms with Crippen LogP contribution in [0.5, 0.6) is 0 Å². The molecule has 2 heterocycles. The fourth-order valence-electron chi connectivity index (χ4n) is 3.68. The first-order chi connectivity index (χ1) is 15.0. The summed E-state index contributed by atoms with van der Waals surface area (Å²) in [4.78, 5) is 12.7. The Hall–Kier alpha value is -3.48. The molecule has 1 fully saturated rings. The van der Waals surface area contributed by atoms with Crippen LogP contribution >= 0.6 is 0 Å². The van der Waals surface area contributed by atoms with Crippen molar-refractivity contribution in [3.63, 3.8) is 0 Å². The number of H-pyrrole nitrogens is 1. The second-order valence-corrected chi connectivity index (χ2v) is 9.23. The summed E-state index contributed by atoms with van der Waals surface area (Å²) in [5.41, 5.74) is 2.67. The van der Waals surface area contributed by atoms with Gasteiger partial charge in [-0.25, -0.2) is 8.42 Å². The molecule has 0 aliphatic carbocycles. The predicted octanol–water partition coefficient (Wildman–Crippen LogP) is 2.99. The molecule has 2 N–H and O–H groups in total. The number of rotatable bonds is 5. The molecule has 1 aromatic heterocycles. The molecule has 0 unspecified atom stereocenters. The largest absolute Gasteiger partial charge is 0.326 e. The normalized spacial score (nSPS) is 15.3. The zero-order chi connectivity index (χ0) is 21.8. The van der Waals surface area contributed by atoms with Crippen molar-refractivity contribution in [1.29, 1.82) is 5.26 Å². The number of amides is 1. The Labute approximate surface area is 180 Å². The van der Waals surface area contributed by atoms with E-state index in [0.717, 1.165) is 11.3 Å². The number of nitriles is 1. The maximum atomic E-state index is 12.9. The third kappa shape index (κ3) is 4.35. The highest BCUT2D eigenvalue weighted by molar-refractivity contribution is 7.89.